The van der Waals surface area contributed by atoms with E-state index < -0.39 is 0 Å². The third-order valence-corrected chi connectivity index (χ3v) is 1.58. The predicted molar refractivity (Wildman–Crippen MR) is 68.5 cm³/mol. The molecule has 0 spiro atoms. The van der Waals surface area contributed by atoms with Crippen LogP contribution < -0.4 is 11.5 Å². The first-order valence-corrected chi connectivity index (χ1v) is 6.14. The Labute approximate surface area is 91.4 Å². The Bertz CT molecular complexity index is 44.3. The van der Waals surface area contributed by atoms with Gasteiger partial charge in [0.05, 0.1) is 0 Å². The van der Waals surface area contributed by atoms with Crippen LogP contribution in [0.3, 0.4) is 0 Å². The molecule has 0 aromatic heterocycles. The zero-order valence-electron chi connectivity index (χ0n) is 10.8. The fraction of sp³-hybridized carbons (Fsp3) is 1.00. The van der Waals surface area contributed by atoms with Crippen molar-refractivity contribution >= 4 is 0 Å². The quantitative estimate of drug-likeness (QED) is 0.722. The van der Waals surface area contributed by atoms with E-state index in [1.165, 1.54) is 38.5 Å². The lowest BCUT2D eigenvalue weighted by Gasteiger charge is -1.79. The van der Waals surface area contributed by atoms with E-state index in [2.05, 4.69) is 27.7 Å². The molecule has 0 atom stereocenters. The van der Waals surface area contributed by atoms with E-state index in [0.717, 1.165) is 0 Å². The molecule has 0 unspecified atom stereocenters. The summed E-state index contributed by atoms with van der Waals surface area (Å²) in [5.74, 6) is 0. The van der Waals surface area contributed by atoms with Crippen molar-refractivity contribution in [2.45, 2.75) is 66.2 Å². The van der Waals surface area contributed by atoms with Gasteiger partial charge in [-0.2, -0.15) is 0 Å². The molecule has 0 aliphatic rings. The van der Waals surface area contributed by atoms with Gasteiger partial charge in [0.15, 0.2) is 0 Å². The zero-order chi connectivity index (χ0) is 11.7. The Morgan fingerprint density at radius 3 is 0.786 bits per heavy atom. The largest absolute Gasteiger partial charge is 0.329 e. The molecule has 0 aliphatic carbocycles. The summed E-state index contributed by atoms with van der Waals surface area (Å²) >= 11 is 0. The summed E-state index contributed by atoms with van der Waals surface area (Å²) in [6.07, 6.45) is 8.15. The molecule has 0 saturated heterocycles. The summed E-state index contributed by atoms with van der Waals surface area (Å²) in [5.41, 5.74) is 9.81. The van der Waals surface area contributed by atoms with Gasteiger partial charge in [-0.3, -0.25) is 0 Å². The van der Waals surface area contributed by atoms with E-state index in [-0.39, 0.29) is 0 Å². The van der Waals surface area contributed by atoms with E-state index in [1.807, 2.05) is 0 Å². The first-order valence-electron chi connectivity index (χ1n) is 6.14. The highest BCUT2D eigenvalue weighted by atomic mass is 14.6. The Balaban J connectivity index is -0.000000131. The van der Waals surface area contributed by atoms with Gasteiger partial charge in [-0.15, -0.1) is 0 Å². The summed E-state index contributed by atoms with van der Waals surface area (Å²) in [4.78, 5) is 0. The van der Waals surface area contributed by atoms with Gasteiger partial charge >= 0.3 is 0 Å². The third kappa shape index (κ3) is 58.7. The minimum absolute atomic E-state index is 0.597. The molecule has 0 aromatic carbocycles. The van der Waals surface area contributed by atoms with Crippen LogP contribution in [0.4, 0.5) is 0 Å². The van der Waals surface area contributed by atoms with Crippen molar-refractivity contribution in [1.29, 1.82) is 0 Å². The Kier molecular flexibility index (Phi) is 40.7. The van der Waals surface area contributed by atoms with E-state index >= 15 is 0 Å². The summed E-state index contributed by atoms with van der Waals surface area (Å²) in [7, 11) is 0. The summed E-state index contributed by atoms with van der Waals surface area (Å²) in [6.45, 7) is 10.0. The number of rotatable bonds is 5. The van der Waals surface area contributed by atoms with E-state index in [9.17, 15) is 0 Å². The average molecular weight is 204 g/mol. The molecular formula is C12H32N2. The van der Waals surface area contributed by atoms with Gasteiger partial charge in [0.25, 0.3) is 0 Å². The first-order chi connectivity index (χ1) is 6.74. The molecule has 0 aliphatic heterocycles. The van der Waals surface area contributed by atoms with Gasteiger partial charge in [0.1, 0.15) is 0 Å². The summed E-state index contributed by atoms with van der Waals surface area (Å²) in [5, 5.41) is 0. The Hall–Kier alpha value is -0.0800. The van der Waals surface area contributed by atoms with E-state index in [0.29, 0.717) is 13.1 Å². The third-order valence-electron chi connectivity index (χ3n) is 1.58. The Morgan fingerprint density at radius 2 is 0.786 bits per heavy atom. The molecular weight excluding hydrogens is 172 g/mol. The van der Waals surface area contributed by atoms with Crippen molar-refractivity contribution in [2.75, 3.05) is 13.1 Å². The maximum atomic E-state index is 4.90. The second kappa shape index (κ2) is 29.3. The van der Waals surface area contributed by atoms with Crippen LogP contribution in [0, 0.1) is 0 Å². The second-order valence-corrected chi connectivity index (χ2v) is 3.28. The van der Waals surface area contributed by atoms with Crippen LogP contribution in [-0.2, 0) is 0 Å². The zero-order valence-corrected chi connectivity index (χ0v) is 10.8. The highest BCUT2D eigenvalue weighted by Crippen LogP contribution is 1.88. The van der Waals surface area contributed by atoms with Crippen molar-refractivity contribution in [3.05, 3.63) is 0 Å². The molecule has 0 rings (SSSR count). The molecule has 2 heteroatoms. The highest BCUT2D eigenvalue weighted by molar-refractivity contribution is 4.26. The van der Waals surface area contributed by atoms with Gasteiger partial charge < -0.3 is 11.5 Å². The van der Waals surface area contributed by atoms with Crippen molar-refractivity contribution < 1.29 is 0 Å². The van der Waals surface area contributed by atoms with E-state index in [1.54, 1.807) is 0 Å². The topological polar surface area (TPSA) is 52.0 Å². The van der Waals surface area contributed by atoms with E-state index in [4.69, 9.17) is 11.5 Å². The molecule has 0 bridgehead atoms. The van der Waals surface area contributed by atoms with Crippen LogP contribution in [0.2, 0.25) is 0 Å². The van der Waals surface area contributed by atoms with Crippen molar-refractivity contribution in [3.63, 3.8) is 0 Å². The van der Waals surface area contributed by atoms with Crippen LogP contribution in [0.5, 0.6) is 0 Å². The van der Waals surface area contributed by atoms with Gasteiger partial charge in [0.2, 0.25) is 0 Å². The Morgan fingerprint density at radius 1 is 0.571 bits per heavy atom. The van der Waals surface area contributed by atoms with Crippen LogP contribution in [0.1, 0.15) is 66.2 Å². The van der Waals surface area contributed by atoms with Gasteiger partial charge in [-0.25, -0.2) is 0 Å². The number of unbranched alkanes of at least 4 members (excludes halogenated alkanes) is 4. The summed E-state index contributed by atoms with van der Waals surface area (Å²) < 4.78 is 0. The number of hydrogen-bond acceptors (Lipinski definition) is 2. The van der Waals surface area contributed by atoms with Crippen LogP contribution in [0.15, 0.2) is 0 Å². The first kappa shape index (κ1) is 19.5. The van der Waals surface area contributed by atoms with Crippen LogP contribution in [0.25, 0.3) is 0 Å². The second-order valence-electron chi connectivity index (χ2n) is 3.28. The van der Waals surface area contributed by atoms with Crippen LogP contribution >= 0.6 is 0 Å². The predicted octanol–water partition coefficient (Wildman–Crippen LogP) is 3.30. The lowest BCUT2D eigenvalue weighted by molar-refractivity contribution is 0.772. The molecule has 0 saturated carbocycles. The molecule has 0 amide bonds. The SMILES string of the molecule is CCCCC.CCCCC.NCCN. The molecule has 0 aromatic rings. The molecule has 0 fully saturated rings. The number of hydrogen-bond donors (Lipinski definition) is 2. The van der Waals surface area contributed by atoms with Crippen molar-refractivity contribution in [1.82, 2.24) is 0 Å². The fourth-order valence-corrected chi connectivity index (χ4v) is 0.707. The lowest BCUT2D eigenvalue weighted by Crippen LogP contribution is -2.11. The summed E-state index contributed by atoms with van der Waals surface area (Å²) in [6, 6.07) is 0. The smallest absolute Gasteiger partial charge is 0.00461 e. The van der Waals surface area contributed by atoms with Gasteiger partial charge in [0, 0.05) is 13.1 Å². The molecule has 90 valence electrons. The minimum Gasteiger partial charge on any atom is -0.329 e. The number of nitrogens with two attached hydrogens (primary N) is 2. The normalized spacial score (nSPS) is 8.14. The lowest BCUT2D eigenvalue weighted by atomic mass is 10.3. The standard InChI is InChI=1S/2C5H12.C2H8N2/c2*1-3-5-4-2;3-1-2-4/h2*3-5H2,1-2H3;1-4H2. The monoisotopic (exact) mass is 204 g/mol. The molecule has 2 nitrogen and oxygen atoms in total. The molecule has 14 heavy (non-hydrogen) atoms. The maximum Gasteiger partial charge on any atom is 0.00461 e. The minimum atomic E-state index is 0.597. The molecule has 0 radical (unpaired) electrons. The van der Waals surface area contributed by atoms with Crippen LogP contribution in [-0.4, -0.2) is 13.1 Å². The molecule has 4 N–H and O–H groups in total. The van der Waals surface area contributed by atoms with Gasteiger partial charge in [-0.1, -0.05) is 66.2 Å². The molecule has 0 heterocycles. The highest BCUT2D eigenvalue weighted by Gasteiger charge is 1.68. The fourth-order valence-electron chi connectivity index (χ4n) is 0.707. The average Bonchev–Trinajstić information content (AvgIpc) is 2.22. The van der Waals surface area contributed by atoms with Gasteiger partial charge in [-0.05, 0) is 0 Å². The maximum absolute atomic E-state index is 4.90. The van der Waals surface area contributed by atoms with Crippen molar-refractivity contribution in [3.8, 4) is 0 Å². The van der Waals surface area contributed by atoms with Crippen molar-refractivity contribution in [2.24, 2.45) is 11.5 Å².